The van der Waals surface area contributed by atoms with Gasteiger partial charge in [-0.05, 0) is 76.1 Å². The molecule has 0 radical (unpaired) electrons. The Labute approximate surface area is 289 Å². The van der Waals surface area contributed by atoms with Gasteiger partial charge in [0.15, 0.2) is 0 Å². The Hall–Kier alpha value is -4.11. The summed E-state index contributed by atoms with van der Waals surface area (Å²) in [5, 5.41) is 12.1. The maximum atomic E-state index is 14.2. The molecule has 260 valence electrons. The molecule has 2 aromatic heterocycles. The van der Waals surface area contributed by atoms with Gasteiger partial charge in [-0.15, -0.1) is 0 Å². The molecule has 0 spiro atoms. The number of carbonyl (C=O) groups is 3. The molecule has 7 rings (SSSR count). The zero-order valence-electron chi connectivity index (χ0n) is 29.8. The van der Waals surface area contributed by atoms with Crippen LogP contribution in [0.2, 0.25) is 0 Å². The molecule has 3 aliphatic rings. The predicted octanol–water partition coefficient (Wildman–Crippen LogP) is 7.34. The lowest BCUT2D eigenvalue weighted by atomic mass is 9.81. The van der Waals surface area contributed by atoms with E-state index < -0.39 is 5.97 Å². The molecule has 1 saturated carbocycles. The van der Waals surface area contributed by atoms with Crippen molar-refractivity contribution < 1.29 is 19.5 Å². The number of carboxylic acid groups (broad SMARTS) is 1. The van der Waals surface area contributed by atoms with Gasteiger partial charge in [0.05, 0.1) is 22.8 Å². The van der Waals surface area contributed by atoms with E-state index >= 15 is 0 Å². The van der Waals surface area contributed by atoms with Crippen molar-refractivity contribution in [1.82, 2.24) is 23.8 Å². The van der Waals surface area contributed by atoms with Gasteiger partial charge < -0.3 is 24.0 Å². The second-order valence-electron chi connectivity index (χ2n) is 15.1. The number of aromatic carboxylic acids is 1. The topological polar surface area (TPSA) is 91.0 Å². The number of hydrogen-bond acceptors (Lipinski definition) is 4. The van der Waals surface area contributed by atoms with Gasteiger partial charge in [-0.25, -0.2) is 4.79 Å². The molecular weight excluding hydrogens is 614 g/mol. The Bertz CT molecular complexity index is 1930. The van der Waals surface area contributed by atoms with E-state index in [1.54, 1.807) is 25.1 Å². The standard InChI is InChI=1S/C40H51N5O4/c1-25(2)43-20-10-9-17-32(43)38(46)42(5)24-31-28-15-11-16-30-35(28)45(37(31)39(47)41(3)4)22-12-21-44-33-23-27(40(48)49)18-19-29(33)34(36(30)44)26-13-7-6-8-14-26/h11,15-16,18-19,23,25-26,32H,6-10,12-14,17,20-22,24H2,1-5H3,(H,48,49)/t32-/m0/s1. The summed E-state index contributed by atoms with van der Waals surface area (Å²) in [7, 11) is 5.50. The van der Waals surface area contributed by atoms with Crippen molar-refractivity contribution in [1.29, 1.82) is 0 Å². The van der Waals surface area contributed by atoms with E-state index in [2.05, 4.69) is 46.1 Å². The van der Waals surface area contributed by atoms with Crippen molar-refractivity contribution >= 4 is 39.6 Å². The third-order valence-electron chi connectivity index (χ3n) is 11.4. The molecule has 1 saturated heterocycles. The highest BCUT2D eigenvalue weighted by Gasteiger charge is 2.35. The summed E-state index contributed by atoms with van der Waals surface area (Å²) >= 11 is 0. The van der Waals surface area contributed by atoms with Gasteiger partial charge in [-0.3, -0.25) is 14.5 Å². The summed E-state index contributed by atoms with van der Waals surface area (Å²) in [5.41, 5.74) is 7.42. The predicted molar refractivity (Wildman–Crippen MR) is 194 cm³/mol. The fraction of sp³-hybridized carbons (Fsp3) is 0.525. The Balaban J connectivity index is 1.44. The van der Waals surface area contributed by atoms with E-state index in [9.17, 15) is 19.5 Å². The lowest BCUT2D eigenvalue weighted by Gasteiger charge is -2.39. The van der Waals surface area contributed by atoms with Crippen molar-refractivity contribution in [2.45, 2.75) is 109 Å². The summed E-state index contributed by atoms with van der Waals surface area (Å²) < 4.78 is 4.60. The average Bonchev–Trinajstić information content (AvgIpc) is 3.58. The van der Waals surface area contributed by atoms with Crippen LogP contribution < -0.4 is 0 Å². The molecular formula is C40H51N5O4. The first-order valence-corrected chi connectivity index (χ1v) is 18.3. The molecule has 0 unspecified atom stereocenters. The number of likely N-dealkylation sites (N-methyl/N-ethyl adjacent to an activating group) is 1. The van der Waals surface area contributed by atoms with E-state index in [-0.39, 0.29) is 23.9 Å². The zero-order chi connectivity index (χ0) is 34.6. The summed E-state index contributed by atoms with van der Waals surface area (Å²) in [6.07, 6.45) is 9.64. The largest absolute Gasteiger partial charge is 0.478 e. The number of fused-ring (bicyclic) bond motifs is 4. The first-order chi connectivity index (χ1) is 23.6. The number of likely N-dealkylation sites (tertiary alicyclic amines) is 1. The van der Waals surface area contributed by atoms with Crippen LogP contribution in [0, 0.1) is 0 Å². The first kappa shape index (κ1) is 33.4. The summed E-state index contributed by atoms with van der Waals surface area (Å²) in [6, 6.07) is 12.2. The minimum absolute atomic E-state index is 0.0563. The third kappa shape index (κ3) is 5.73. The van der Waals surface area contributed by atoms with Crippen LogP contribution in [0.5, 0.6) is 0 Å². The molecule has 2 fully saturated rings. The highest BCUT2D eigenvalue weighted by molar-refractivity contribution is 6.08. The quantitative estimate of drug-likeness (QED) is 0.223. The van der Waals surface area contributed by atoms with Crippen LogP contribution in [0.15, 0.2) is 36.4 Å². The highest BCUT2D eigenvalue weighted by Crippen LogP contribution is 2.47. The SMILES string of the molecule is CC(C)N1CCCC[C@H]1C(=O)N(C)Cc1c(C(=O)N(C)C)n2c3c(cccc13)-c1c(C3CCCCC3)c3ccc(C(=O)O)cc3n1CCC2. The number of carboxylic acids is 1. The van der Waals surface area contributed by atoms with Crippen LogP contribution in [0.1, 0.15) is 110 Å². The molecule has 1 N–H and O–H groups in total. The van der Waals surface area contributed by atoms with Gasteiger partial charge >= 0.3 is 5.97 Å². The van der Waals surface area contributed by atoms with Crippen molar-refractivity contribution in [3.8, 4) is 11.3 Å². The Morgan fingerprint density at radius 2 is 1.59 bits per heavy atom. The van der Waals surface area contributed by atoms with Crippen LogP contribution >= 0.6 is 0 Å². The van der Waals surface area contributed by atoms with Gasteiger partial charge in [0.1, 0.15) is 5.69 Å². The number of aryl methyl sites for hydroxylation is 2. The second-order valence-corrected chi connectivity index (χ2v) is 15.1. The first-order valence-electron chi connectivity index (χ1n) is 18.3. The van der Waals surface area contributed by atoms with E-state index in [1.165, 1.54) is 24.8 Å². The number of hydrogen-bond donors (Lipinski definition) is 1. The molecule has 4 heterocycles. The van der Waals surface area contributed by atoms with Crippen LogP contribution in [0.4, 0.5) is 0 Å². The molecule has 2 aromatic carbocycles. The van der Waals surface area contributed by atoms with E-state index in [1.807, 2.05) is 24.1 Å². The van der Waals surface area contributed by atoms with Gasteiger partial charge in [-0.1, -0.05) is 49.9 Å². The molecule has 0 bridgehead atoms. The number of piperidine rings is 1. The maximum Gasteiger partial charge on any atom is 0.335 e. The number of amides is 2. The number of carbonyl (C=O) groups excluding carboxylic acids is 2. The van der Waals surface area contributed by atoms with Gasteiger partial charge in [0.2, 0.25) is 5.91 Å². The van der Waals surface area contributed by atoms with E-state index in [0.717, 1.165) is 83.7 Å². The molecule has 9 nitrogen and oxygen atoms in total. The zero-order valence-corrected chi connectivity index (χ0v) is 29.8. The summed E-state index contributed by atoms with van der Waals surface area (Å²) in [4.78, 5) is 46.3. The lowest BCUT2D eigenvalue weighted by molar-refractivity contribution is -0.138. The van der Waals surface area contributed by atoms with Crippen LogP contribution in [0.25, 0.3) is 33.1 Å². The van der Waals surface area contributed by atoms with Crippen molar-refractivity contribution in [3.05, 3.63) is 58.8 Å². The number of benzene rings is 2. The molecule has 1 aliphatic carbocycles. The Kier molecular flexibility index (Phi) is 9.07. The van der Waals surface area contributed by atoms with Crippen molar-refractivity contribution in [3.63, 3.8) is 0 Å². The van der Waals surface area contributed by atoms with Crippen LogP contribution in [-0.4, -0.2) is 86.5 Å². The normalized spacial score (nSPS) is 18.8. The Morgan fingerprint density at radius 1 is 0.857 bits per heavy atom. The molecule has 2 aliphatic heterocycles. The smallest absolute Gasteiger partial charge is 0.335 e. The summed E-state index contributed by atoms with van der Waals surface area (Å²) in [6.45, 7) is 6.97. The fourth-order valence-corrected chi connectivity index (χ4v) is 9.14. The highest BCUT2D eigenvalue weighted by atomic mass is 16.4. The summed E-state index contributed by atoms with van der Waals surface area (Å²) in [5.74, 6) is -0.476. The minimum atomic E-state index is -0.918. The lowest BCUT2D eigenvalue weighted by Crippen LogP contribution is -2.52. The molecule has 9 heteroatoms. The van der Waals surface area contributed by atoms with Gasteiger partial charge in [0.25, 0.3) is 5.91 Å². The van der Waals surface area contributed by atoms with Crippen molar-refractivity contribution in [2.24, 2.45) is 0 Å². The second kappa shape index (κ2) is 13.3. The van der Waals surface area contributed by atoms with Gasteiger partial charge in [0, 0.05) is 74.2 Å². The third-order valence-corrected chi connectivity index (χ3v) is 11.4. The van der Waals surface area contributed by atoms with E-state index in [0.29, 0.717) is 36.8 Å². The van der Waals surface area contributed by atoms with Gasteiger partial charge in [-0.2, -0.15) is 0 Å². The average molecular weight is 666 g/mol. The van der Waals surface area contributed by atoms with Crippen molar-refractivity contribution in [2.75, 3.05) is 27.7 Å². The molecule has 4 aromatic rings. The number of para-hydroxylation sites is 1. The maximum absolute atomic E-state index is 14.2. The fourth-order valence-electron chi connectivity index (χ4n) is 9.14. The Morgan fingerprint density at radius 3 is 2.31 bits per heavy atom. The van der Waals surface area contributed by atoms with E-state index in [4.69, 9.17) is 0 Å². The van der Waals surface area contributed by atoms with Crippen LogP contribution in [-0.2, 0) is 24.4 Å². The number of rotatable bonds is 7. The monoisotopic (exact) mass is 665 g/mol. The number of nitrogens with zero attached hydrogens (tertiary/aromatic N) is 5. The minimum Gasteiger partial charge on any atom is -0.478 e. The molecule has 49 heavy (non-hydrogen) atoms. The molecule has 1 atom stereocenters. The molecule has 2 amide bonds. The van der Waals surface area contributed by atoms with Crippen LogP contribution in [0.3, 0.4) is 0 Å². The number of aromatic nitrogens is 2.